The Morgan fingerprint density at radius 3 is 1.67 bits per heavy atom. The molecule has 0 saturated heterocycles. The van der Waals surface area contributed by atoms with Crippen LogP contribution in [0, 0.1) is 0 Å². The van der Waals surface area contributed by atoms with Crippen molar-refractivity contribution in [2.45, 2.75) is 0 Å². The van der Waals surface area contributed by atoms with Gasteiger partial charge < -0.3 is 9.13 Å². The van der Waals surface area contributed by atoms with Crippen LogP contribution in [0.1, 0.15) is 0 Å². The normalized spacial score (nSPS) is 12.3. The number of benzene rings is 6. The van der Waals surface area contributed by atoms with Gasteiger partial charge >= 0.3 is 0 Å². The van der Waals surface area contributed by atoms with Crippen LogP contribution in [0.3, 0.4) is 0 Å². The van der Waals surface area contributed by atoms with E-state index in [0.29, 0.717) is 0 Å². The molecule has 0 aliphatic heterocycles. The summed E-state index contributed by atoms with van der Waals surface area (Å²) >= 11 is 0. The van der Waals surface area contributed by atoms with Crippen molar-refractivity contribution in [3.8, 4) is 33.6 Å². The third kappa shape index (κ3) is 2.77. The van der Waals surface area contributed by atoms with Crippen LogP contribution in [0.2, 0.25) is 0 Å². The van der Waals surface area contributed by atoms with Gasteiger partial charge in [0.1, 0.15) is 0 Å². The Morgan fingerprint density at radius 2 is 0.952 bits per heavy atom. The highest BCUT2D eigenvalue weighted by Gasteiger charge is 2.23. The molecular formula is C39H23N3. The van der Waals surface area contributed by atoms with Crippen molar-refractivity contribution < 1.29 is 0 Å². The number of pyridine rings is 1. The minimum Gasteiger partial charge on any atom is -0.309 e. The third-order valence-corrected chi connectivity index (χ3v) is 9.10. The van der Waals surface area contributed by atoms with Crippen LogP contribution >= 0.6 is 0 Å². The summed E-state index contributed by atoms with van der Waals surface area (Å²) in [5, 5.41) is 6.32. The Balaban J connectivity index is 1.24. The van der Waals surface area contributed by atoms with E-state index in [1.54, 1.807) is 0 Å². The highest BCUT2D eigenvalue weighted by Crippen LogP contribution is 2.47. The summed E-state index contributed by atoms with van der Waals surface area (Å²) in [5.74, 6) is 0. The molecule has 0 N–H and O–H groups in total. The van der Waals surface area contributed by atoms with E-state index in [1.807, 2.05) is 6.20 Å². The molecule has 1 aliphatic carbocycles. The fraction of sp³-hybridized carbons (Fsp3) is 0. The summed E-state index contributed by atoms with van der Waals surface area (Å²) in [6.45, 7) is 0. The first-order valence-electron chi connectivity index (χ1n) is 14.4. The highest BCUT2D eigenvalue weighted by molar-refractivity contribution is 6.15. The average Bonchev–Trinajstić information content (AvgIpc) is 3.68. The number of hydrogen-bond donors (Lipinski definition) is 0. The average molecular weight is 534 g/mol. The molecule has 3 aromatic heterocycles. The Hall–Kier alpha value is -5.67. The van der Waals surface area contributed by atoms with Crippen LogP contribution in [-0.2, 0) is 0 Å². The number of hydrogen-bond acceptors (Lipinski definition) is 1. The van der Waals surface area contributed by atoms with Crippen molar-refractivity contribution in [2.24, 2.45) is 0 Å². The lowest BCUT2D eigenvalue weighted by Gasteiger charge is -2.12. The Labute approximate surface area is 241 Å². The zero-order chi connectivity index (χ0) is 27.4. The first-order valence-corrected chi connectivity index (χ1v) is 14.4. The lowest BCUT2D eigenvalue weighted by atomic mass is 10.0. The predicted octanol–water partition coefficient (Wildman–Crippen LogP) is 10.1. The summed E-state index contributed by atoms with van der Waals surface area (Å²) in [6.07, 6.45) is 1.93. The smallest absolute Gasteiger partial charge is 0.0714 e. The van der Waals surface area contributed by atoms with Gasteiger partial charge in [-0.3, -0.25) is 4.98 Å². The van der Waals surface area contributed by atoms with Gasteiger partial charge in [-0.05, 0) is 82.9 Å². The van der Waals surface area contributed by atoms with Crippen LogP contribution in [0.5, 0.6) is 0 Å². The number of nitrogens with zero attached hydrogens (tertiary/aromatic N) is 3. The van der Waals surface area contributed by atoms with E-state index in [2.05, 4.69) is 148 Å². The predicted molar refractivity (Wildman–Crippen MR) is 175 cm³/mol. The number of fused-ring (bicyclic) bond motifs is 9. The molecule has 6 aromatic carbocycles. The maximum Gasteiger partial charge on any atom is 0.0714 e. The minimum atomic E-state index is 1.05. The molecule has 0 saturated carbocycles. The van der Waals surface area contributed by atoms with Crippen LogP contribution in [-0.4, -0.2) is 14.1 Å². The Morgan fingerprint density at radius 1 is 0.381 bits per heavy atom. The highest BCUT2D eigenvalue weighted by atomic mass is 15.0. The zero-order valence-electron chi connectivity index (χ0n) is 22.6. The van der Waals surface area contributed by atoms with Crippen molar-refractivity contribution in [3.05, 3.63) is 140 Å². The molecule has 0 unspecified atom stereocenters. The van der Waals surface area contributed by atoms with E-state index < -0.39 is 0 Å². The Bertz CT molecular complexity index is 2520. The van der Waals surface area contributed by atoms with Crippen LogP contribution < -0.4 is 0 Å². The maximum absolute atomic E-state index is 4.64. The molecule has 0 atom stereocenters. The summed E-state index contributed by atoms with van der Waals surface area (Å²) in [7, 11) is 0. The monoisotopic (exact) mass is 533 g/mol. The topological polar surface area (TPSA) is 22.8 Å². The summed E-state index contributed by atoms with van der Waals surface area (Å²) < 4.78 is 4.82. The summed E-state index contributed by atoms with van der Waals surface area (Å²) in [5.41, 5.74) is 13.4. The first-order chi connectivity index (χ1) is 20.8. The van der Waals surface area contributed by atoms with E-state index in [1.165, 1.54) is 82.6 Å². The molecule has 0 spiro atoms. The molecule has 10 rings (SSSR count). The summed E-state index contributed by atoms with van der Waals surface area (Å²) in [6, 6.07) is 48.6. The molecule has 3 nitrogen and oxygen atoms in total. The molecule has 3 heterocycles. The molecule has 3 heteroatoms. The second kappa shape index (κ2) is 7.96. The Kier molecular flexibility index (Phi) is 4.18. The number of rotatable bonds is 2. The maximum atomic E-state index is 4.64. The van der Waals surface area contributed by atoms with Crippen molar-refractivity contribution in [1.29, 1.82) is 0 Å². The van der Waals surface area contributed by atoms with Gasteiger partial charge in [-0.25, -0.2) is 0 Å². The minimum absolute atomic E-state index is 1.05. The fourth-order valence-electron chi connectivity index (χ4n) is 7.36. The van der Waals surface area contributed by atoms with Crippen LogP contribution in [0.4, 0.5) is 0 Å². The van der Waals surface area contributed by atoms with Crippen molar-refractivity contribution in [1.82, 2.24) is 14.1 Å². The molecule has 0 amide bonds. The van der Waals surface area contributed by atoms with E-state index in [0.717, 1.165) is 5.52 Å². The lowest BCUT2D eigenvalue weighted by Crippen LogP contribution is -1.96. The van der Waals surface area contributed by atoms with Gasteiger partial charge in [0, 0.05) is 44.5 Å². The van der Waals surface area contributed by atoms with E-state index in [-0.39, 0.29) is 0 Å². The zero-order valence-corrected chi connectivity index (χ0v) is 22.6. The molecule has 42 heavy (non-hydrogen) atoms. The second-order valence-corrected chi connectivity index (χ2v) is 11.2. The van der Waals surface area contributed by atoms with E-state index in [4.69, 9.17) is 0 Å². The van der Waals surface area contributed by atoms with E-state index >= 15 is 0 Å². The number of para-hydroxylation sites is 3. The van der Waals surface area contributed by atoms with E-state index in [9.17, 15) is 0 Å². The largest absolute Gasteiger partial charge is 0.309 e. The molecule has 0 fully saturated rings. The quantitative estimate of drug-likeness (QED) is 0.217. The molecular weight excluding hydrogens is 510 g/mol. The van der Waals surface area contributed by atoms with Gasteiger partial charge in [-0.2, -0.15) is 0 Å². The number of aromatic nitrogens is 3. The first kappa shape index (κ1) is 22.1. The molecule has 0 radical (unpaired) electrons. The SMILES string of the molecule is c1cc2c3c(ccnc3c1)-c1cc(-n3c4ccccc4c4cc(-n5c6ccccc6c6ccccc65)ccc43)ccc1-2. The molecule has 9 aromatic rings. The van der Waals surface area contributed by atoms with Gasteiger partial charge in [-0.1, -0.05) is 72.8 Å². The van der Waals surface area contributed by atoms with Gasteiger partial charge in [0.05, 0.1) is 27.6 Å². The lowest BCUT2D eigenvalue weighted by molar-refractivity contribution is 1.17. The summed E-state index contributed by atoms with van der Waals surface area (Å²) in [4.78, 5) is 4.64. The van der Waals surface area contributed by atoms with Crippen LogP contribution in [0.15, 0.2) is 140 Å². The van der Waals surface area contributed by atoms with Crippen molar-refractivity contribution in [3.63, 3.8) is 0 Å². The standard InChI is InChI=1S/C39H23N3/c1-4-13-35-27(8-1)28-9-2-5-14-36(28)41(35)25-17-19-38-33(23-25)29-10-3-6-15-37(29)42(38)24-16-18-26-30-11-7-12-34-39(30)31(20-21-40-34)32(26)22-24/h1-23H. The van der Waals surface area contributed by atoms with Gasteiger partial charge in [0.2, 0.25) is 0 Å². The van der Waals surface area contributed by atoms with Gasteiger partial charge in [0.15, 0.2) is 0 Å². The van der Waals surface area contributed by atoms with Gasteiger partial charge in [0.25, 0.3) is 0 Å². The van der Waals surface area contributed by atoms with Gasteiger partial charge in [-0.15, -0.1) is 0 Å². The second-order valence-electron chi connectivity index (χ2n) is 11.2. The third-order valence-electron chi connectivity index (χ3n) is 9.10. The van der Waals surface area contributed by atoms with Crippen molar-refractivity contribution >= 4 is 54.5 Å². The molecule has 1 aliphatic rings. The molecule has 194 valence electrons. The molecule has 0 bridgehead atoms. The fourth-order valence-corrected chi connectivity index (χ4v) is 7.36. The van der Waals surface area contributed by atoms with Crippen LogP contribution in [0.25, 0.3) is 88.1 Å². The van der Waals surface area contributed by atoms with Crippen molar-refractivity contribution in [2.75, 3.05) is 0 Å².